The highest BCUT2D eigenvalue weighted by atomic mass is 16.5. The van der Waals surface area contributed by atoms with Crippen LogP contribution in [-0.2, 0) is 0 Å². The van der Waals surface area contributed by atoms with Gasteiger partial charge in [0.1, 0.15) is 11.9 Å². The van der Waals surface area contributed by atoms with E-state index < -0.39 is 0 Å². The molecule has 0 saturated heterocycles. The van der Waals surface area contributed by atoms with Crippen molar-refractivity contribution in [3.8, 4) is 5.75 Å². The largest absolute Gasteiger partial charge is 0.489 e. The van der Waals surface area contributed by atoms with Crippen LogP contribution in [0.4, 0.5) is 0 Å². The van der Waals surface area contributed by atoms with Gasteiger partial charge < -0.3 is 4.74 Å². The predicted molar refractivity (Wildman–Crippen MR) is 54.4 cm³/mol. The number of rotatable bonds is 0. The average molecular weight is 186 g/mol. The number of hydrogen-bond donors (Lipinski definition) is 0. The SMILES string of the molecule is c1ccc2c(c1)OC1C3CCC(C3)C21. The van der Waals surface area contributed by atoms with Crippen molar-refractivity contribution in [3.05, 3.63) is 29.8 Å². The summed E-state index contributed by atoms with van der Waals surface area (Å²) in [6.07, 6.45) is 4.79. The lowest BCUT2D eigenvalue weighted by molar-refractivity contribution is 0.148. The quantitative estimate of drug-likeness (QED) is 0.605. The van der Waals surface area contributed by atoms with Gasteiger partial charge in [0.25, 0.3) is 0 Å². The number of ether oxygens (including phenoxy) is 1. The zero-order valence-electron chi connectivity index (χ0n) is 8.15. The molecule has 1 heterocycles. The van der Waals surface area contributed by atoms with Crippen LogP contribution in [0, 0.1) is 11.8 Å². The molecule has 1 aliphatic heterocycles. The summed E-state index contributed by atoms with van der Waals surface area (Å²) in [5, 5.41) is 0. The smallest absolute Gasteiger partial charge is 0.123 e. The maximum atomic E-state index is 6.06. The molecule has 2 aliphatic carbocycles. The van der Waals surface area contributed by atoms with Gasteiger partial charge in [-0.15, -0.1) is 0 Å². The summed E-state index contributed by atoms with van der Waals surface area (Å²) in [4.78, 5) is 0. The van der Waals surface area contributed by atoms with Crippen molar-refractivity contribution in [3.63, 3.8) is 0 Å². The van der Waals surface area contributed by atoms with E-state index in [1.54, 1.807) is 0 Å². The standard InChI is InChI=1S/C13H14O/c1-2-4-11-10(3-1)12-8-5-6-9(7-8)13(12)14-11/h1-4,8-9,12-13H,5-7H2. The van der Waals surface area contributed by atoms with Gasteiger partial charge in [-0.25, -0.2) is 0 Å². The van der Waals surface area contributed by atoms with E-state index in [-0.39, 0.29) is 0 Å². The van der Waals surface area contributed by atoms with E-state index in [1.807, 2.05) is 0 Å². The van der Waals surface area contributed by atoms with Crippen molar-refractivity contribution in [2.45, 2.75) is 31.3 Å². The molecule has 0 radical (unpaired) electrons. The van der Waals surface area contributed by atoms with Gasteiger partial charge in [0.2, 0.25) is 0 Å². The second kappa shape index (κ2) is 2.33. The summed E-state index contributed by atoms with van der Waals surface area (Å²) in [5.74, 6) is 3.69. The Morgan fingerprint density at radius 2 is 1.93 bits per heavy atom. The summed E-state index contributed by atoms with van der Waals surface area (Å²) in [7, 11) is 0. The minimum Gasteiger partial charge on any atom is -0.489 e. The van der Waals surface area contributed by atoms with E-state index in [1.165, 1.54) is 30.6 Å². The summed E-state index contributed by atoms with van der Waals surface area (Å²) >= 11 is 0. The van der Waals surface area contributed by atoms with Crippen molar-refractivity contribution in [2.24, 2.45) is 11.8 Å². The average Bonchev–Trinajstić information content (AvgIpc) is 2.88. The van der Waals surface area contributed by atoms with Crippen LogP contribution in [0.3, 0.4) is 0 Å². The van der Waals surface area contributed by atoms with Gasteiger partial charge in [0.15, 0.2) is 0 Å². The van der Waals surface area contributed by atoms with Crippen LogP contribution in [0.5, 0.6) is 5.75 Å². The molecule has 1 aromatic carbocycles. The molecule has 1 nitrogen and oxygen atoms in total. The van der Waals surface area contributed by atoms with Crippen molar-refractivity contribution >= 4 is 0 Å². The third-order valence-electron chi connectivity index (χ3n) is 4.38. The summed E-state index contributed by atoms with van der Waals surface area (Å²) < 4.78 is 6.06. The Hall–Kier alpha value is -0.980. The lowest BCUT2D eigenvalue weighted by Crippen LogP contribution is -2.25. The third kappa shape index (κ3) is 0.727. The molecule has 0 amide bonds. The zero-order chi connectivity index (χ0) is 9.12. The Bertz CT molecular complexity index is 385. The molecule has 0 N–H and O–H groups in total. The molecule has 4 atom stereocenters. The monoisotopic (exact) mass is 186 g/mol. The van der Waals surface area contributed by atoms with Crippen molar-refractivity contribution < 1.29 is 4.74 Å². The van der Waals surface area contributed by atoms with Gasteiger partial charge in [0.05, 0.1) is 0 Å². The van der Waals surface area contributed by atoms with Gasteiger partial charge in [-0.2, -0.15) is 0 Å². The third-order valence-corrected chi connectivity index (χ3v) is 4.38. The highest BCUT2D eigenvalue weighted by Gasteiger charge is 2.53. The number of hydrogen-bond acceptors (Lipinski definition) is 1. The molecule has 2 bridgehead atoms. The van der Waals surface area contributed by atoms with Crippen molar-refractivity contribution in [1.29, 1.82) is 0 Å². The number of benzene rings is 1. The highest BCUT2D eigenvalue weighted by molar-refractivity contribution is 5.43. The first-order chi connectivity index (χ1) is 6.93. The molecule has 14 heavy (non-hydrogen) atoms. The topological polar surface area (TPSA) is 9.23 Å². The molecule has 4 rings (SSSR count). The van der Waals surface area contributed by atoms with Gasteiger partial charge in [-0.1, -0.05) is 18.2 Å². The highest BCUT2D eigenvalue weighted by Crippen LogP contribution is 2.59. The van der Waals surface area contributed by atoms with Crippen LogP contribution in [0.1, 0.15) is 30.7 Å². The van der Waals surface area contributed by atoms with Crippen LogP contribution in [0.2, 0.25) is 0 Å². The maximum Gasteiger partial charge on any atom is 0.123 e. The Morgan fingerprint density at radius 1 is 1.07 bits per heavy atom. The van der Waals surface area contributed by atoms with Crippen LogP contribution in [0.25, 0.3) is 0 Å². The van der Waals surface area contributed by atoms with Gasteiger partial charge in [0, 0.05) is 11.5 Å². The molecular formula is C13H14O. The van der Waals surface area contributed by atoms with Crippen LogP contribution in [-0.4, -0.2) is 6.10 Å². The van der Waals surface area contributed by atoms with Crippen LogP contribution in [0.15, 0.2) is 24.3 Å². The molecule has 4 unspecified atom stereocenters. The Balaban J connectivity index is 1.86. The molecule has 1 aromatic rings. The van der Waals surface area contributed by atoms with Gasteiger partial charge >= 0.3 is 0 Å². The van der Waals surface area contributed by atoms with Crippen LogP contribution < -0.4 is 4.74 Å². The fourth-order valence-corrected chi connectivity index (χ4v) is 3.85. The fourth-order valence-electron chi connectivity index (χ4n) is 3.85. The Morgan fingerprint density at radius 3 is 2.93 bits per heavy atom. The second-order valence-corrected chi connectivity index (χ2v) is 4.98. The fraction of sp³-hybridized carbons (Fsp3) is 0.538. The van der Waals surface area contributed by atoms with E-state index in [9.17, 15) is 0 Å². The normalized spacial score (nSPS) is 42.0. The lowest BCUT2D eigenvalue weighted by Gasteiger charge is -2.23. The minimum atomic E-state index is 0.533. The first kappa shape index (κ1) is 7.33. The van der Waals surface area contributed by atoms with Crippen LogP contribution >= 0.6 is 0 Å². The first-order valence-corrected chi connectivity index (χ1v) is 5.69. The molecule has 1 heteroatoms. The van der Waals surface area contributed by atoms with Crippen molar-refractivity contribution in [2.75, 3.05) is 0 Å². The number of para-hydroxylation sites is 1. The molecular weight excluding hydrogens is 172 g/mol. The summed E-state index contributed by atoms with van der Waals surface area (Å²) in [5.41, 5.74) is 1.49. The van der Waals surface area contributed by atoms with E-state index >= 15 is 0 Å². The van der Waals surface area contributed by atoms with Gasteiger partial charge in [-0.3, -0.25) is 0 Å². The Labute approximate surface area is 84.1 Å². The zero-order valence-corrected chi connectivity index (χ0v) is 8.15. The summed E-state index contributed by atoms with van der Waals surface area (Å²) in [6.45, 7) is 0. The molecule has 2 saturated carbocycles. The van der Waals surface area contributed by atoms with Gasteiger partial charge in [-0.05, 0) is 37.2 Å². The van der Waals surface area contributed by atoms with E-state index in [0.29, 0.717) is 6.10 Å². The Kier molecular flexibility index (Phi) is 1.22. The molecule has 3 aliphatic rings. The molecule has 0 aromatic heterocycles. The molecule has 2 fully saturated rings. The van der Waals surface area contributed by atoms with Crippen molar-refractivity contribution in [1.82, 2.24) is 0 Å². The van der Waals surface area contributed by atoms with E-state index in [0.717, 1.165) is 17.8 Å². The lowest BCUT2D eigenvalue weighted by atomic mass is 9.83. The first-order valence-electron chi connectivity index (χ1n) is 5.69. The molecule has 0 spiro atoms. The van der Waals surface area contributed by atoms with E-state index in [2.05, 4.69) is 24.3 Å². The summed E-state index contributed by atoms with van der Waals surface area (Å²) in [6, 6.07) is 8.63. The predicted octanol–water partition coefficient (Wildman–Crippen LogP) is 2.96. The van der Waals surface area contributed by atoms with E-state index in [4.69, 9.17) is 4.74 Å². The molecule has 72 valence electrons. The number of fused-ring (bicyclic) bond motifs is 7. The second-order valence-electron chi connectivity index (χ2n) is 4.98. The minimum absolute atomic E-state index is 0.533. The maximum absolute atomic E-state index is 6.06.